The standard InChI is InChI=1S/C20H20N4O/c1-23-14-17(16-6-2-3-7-18(16)23)15-9-12-24(13-10-15)20(25)22-19-8-4-5-11-21-19/h2-9,11,14H,10,12-13H2,1H3,(H,21,22,25). The van der Waals surface area contributed by atoms with Crippen LogP contribution in [0.15, 0.2) is 60.9 Å². The quantitative estimate of drug-likeness (QED) is 0.774. The molecule has 1 aliphatic rings. The van der Waals surface area contributed by atoms with Gasteiger partial charge in [0.05, 0.1) is 0 Å². The number of benzene rings is 1. The van der Waals surface area contributed by atoms with Crippen molar-refractivity contribution in [3.63, 3.8) is 0 Å². The normalized spacial score (nSPS) is 14.4. The number of hydrogen-bond acceptors (Lipinski definition) is 2. The number of carbonyl (C=O) groups excluding carboxylic acids is 1. The summed E-state index contributed by atoms with van der Waals surface area (Å²) in [6, 6.07) is 13.8. The van der Waals surface area contributed by atoms with Crippen LogP contribution in [0.1, 0.15) is 12.0 Å². The number of nitrogens with zero attached hydrogens (tertiary/aromatic N) is 3. The van der Waals surface area contributed by atoms with E-state index in [-0.39, 0.29) is 6.03 Å². The number of hydrogen-bond donors (Lipinski definition) is 1. The summed E-state index contributed by atoms with van der Waals surface area (Å²) in [4.78, 5) is 18.3. The van der Waals surface area contributed by atoms with E-state index in [0.29, 0.717) is 18.9 Å². The molecule has 4 rings (SSSR count). The Kier molecular flexibility index (Phi) is 3.98. The van der Waals surface area contributed by atoms with Gasteiger partial charge in [0, 0.05) is 49.0 Å². The SMILES string of the molecule is Cn1cc(C2=CCN(C(=O)Nc3ccccn3)CC2)c2ccccc21. The summed E-state index contributed by atoms with van der Waals surface area (Å²) in [5.74, 6) is 0.580. The molecule has 5 heteroatoms. The monoisotopic (exact) mass is 332 g/mol. The first-order valence-electron chi connectivity index (χ1n) is 8.43. The maximum absolute atomic E-state index is 12.4. The number of aromatic nitrogens is 2. The maximum atomic E-state index is 12.4. The molecule has 2 amide bonds. The number of anilines is 1. The highest BCUT2D eigenvalue weighted by Crippen LogP contribution is 2.30. The molecule has 126 valence electrons. The molecule has 25 heavy (non-hydrogen) atoms. The summed E-state index contributed by atoms with van der Waals surface area (Å²) >= 11 is 0. The third-order valence-corrected chi connectivity index (χ3v) is 4.64. The van der Waals surface area contributed by atoms with E-state index in [9.17, 15) is 4.79 Å². The van der Waals surface area contributed by atoms with Gasteiger partial charge in [-0.1, -0.05) is 30.3 Å². The van der Waals surface area contributed by atoms with Crippen molar-refractivity contribution >= 4 is 28.3 Å². The third-order valence-electron chi connectivity index (χ3n) is 4.64. The van der Waals surface area contributed by atoms with Crippen molar-refractivity contribution < 1.29 is 4.79 Å². The van der Waals surface area contributed by atoms with Crippen LogP contribution in [-0.4, -0.2) is 33.6 Å². The van der Waals surface area contributed by atoms with E-state index in [4.69, 9.17) is 0 Å². The van der Waals surface area contributed by atoms with E-state index in [1.54, 1.807) is 12.3 Å². The van der Waals surface area contributed by atoms with Gasteiger partial charge in [0.15, 0.2) is 0 Å². The van der Waals surface area contributed by atoms with Crippen molar-refractivity contribution in [2.45, 2.75) is 6.42 Å². The topological polar surface area (TPSA) is 50.2 Å². The van der Waals surface area contributed by atoms with E-state index < -0.39 is 0 Å². The van der Waals surface area contributed by atoms with E-state index >= 15 is 0 Å². The van der Waals surface area contributed by atoms with Crippen molar-refractivity contribution in [2.75, 3.05) is 18.4 Å². The second-order valence-corrected chi connectivity index (χ2v) is 6.24. The molecule has 5 nitrogen and oxygen atoms in total. The van der Waals surface area contributed by atoms with Crippen LogP contribution in [0.2, 0.25) is 0 Å². The zero-order chi connectivity index (χ0) is 17.2. The van der Waals surface area contributed by atoms with Gasteiger partial charge in [-0.05, 0) is 30.2 Å². The van der Waals surface area contributed by atoms with Gasteiger partial charge in [0.25, 0.3) is 0 Å². The minimum Gasteiger partial charge on any atom is -0.350 e. The zero-order valence-corrected chi connectivity index (χ0v) is 14.1. The van der Waals surface area contributed by atoms with Gasteiger partial charge >= 0.3 is 6.03 Å². The van der Waals surface area contributed by atoms with Crippen LogP contribution in [0.5, 0.6) is 0 Å². The van der Waals surface area contributed by atoms with E-state index in [1.807, 2.05) is 17.0 Å². The fourth-order valence-corrected chi connectivity index (χ4v) is 3.32. The smallest absolute Gasteiger partial charge is 0.323 e. The Balaban J connectivity index is 1.51. The minimum atomic E-state index is -0.105. The molecule has 3 heterocycles. The molecule has 0 unspecified atom stereocenters. The van der Waals surface area contributed by atoms with Crippen molar-refractivity contribution in [1.82, 2.24) is 14.5 Å². The number of carbonyl (C=O) groups is 1. The van der Waals surface area contributed by atoms with Gasteiger partial charge < -0.3 is 9.47 Å². The average molecular weight is 332 g/mol. The number of amides is 2. The van der Waals surface area contributed by atoms with Crippen molar-refractivity contribution in [3.05, 3.63) is 66.5 Å². The van der Waals surface area contributed by atoms with E-state index in [0.717, 1.165) is 6.42 Å². The number of pyridine rings is 1. The lowest BCUT2D eigenvalue weighted by molar-refractivity contribution is 0.217. The molecule has 2 aromatic heterocycles. The number of para-hydroxylation sites is 1. The molecule has 0 atom stereocenters. The predicted molar refractivity (Wildman–Crippen MR) is 100 cm³/mol. The second kappa shape index (κ2) is 6.43. The first kappa shape index (κ1) is 15.4. The van der Waals surface area contributed by atoms with Crippen molar-refractivity contribution in [2.24, 2.45) is 7.05 Å². The molecule has 1 N–H and O–H groups in total. The molecule has 1 aliphatic heterocycles. The highest BCUT2D eigenvalue weighted by Gasteiger charge is 2.20. The highest BCUT2D eigenvalue weighted by atomic mass is 16.2. The Morgan fingerprint density at radius 3 is 2.76 bits per heavy atom. The number of rotatable bonds is 2. The largest absolute Gasteiger partial charge is 0.350 e. The first-order chi connectivity index (χ1) is 12.2. The summed E-state index contributed by atoms with van der Waals surface area (Å²) in [6.07, 6.45) is 6.86. The lowest BCUT2D eigenvalue weighted by atomic mass is 9.99. The van der Waals surface area contributed by atoms with Crippen LogP contribution in [0.3, 0.4) is 0 Å². The molecule has 0 saturated carbocycles. The molecule has 0 radical (unpaired) electrons. The number of fused-ring (bicyclic) bond motifs is 1. The van der Waals surface area contributed by atoms with Crippen LogP contribution in [-0.2, 0) is 7.05 Å². The highest BCUT2D eigenvalue weighted by molar-refractivity contribution is 5.94. The summed E-state index contributed by atoms with van der Waals surface area (Å²) in [5, 5.41) is 4.11. The molecule has 0 saturated heterocycles. The maximum Gasteiger partial charge on any atom is 0.323 e. The molecule has 1 aromatic carbocycles. The van der Waals surface area contributed by atoms with E-state index in [1.165, 1.54) is 22.0 Å². The van der Waals surface area contributed by atoms with Gasteiger partial charge in [-0.15, -0.1) is 0 Å². The van der Waals surface area contributed by atoms with Gasteiger partial charge in [0.1, 0.15) is 5.82 Å². The molecule has 0 fully saturated rings. The zero-order valence-electron chi connectivity index (χ0n) is 14.1. The Hall–Kier alpha value is -3.08. The Morgan fingerprint density at radius 2 is 2.00 bits per heavy atom. The van der Waals surface area contributed by atoms with Crippen LogP contribution in [0, 0.1) is 0 Å². The van der Waals surface area contributed by atoms with E-state index in [2.05, 4.69) is 58.5 Å². The van der Waals surface area contributed by atoms with Crippen LogP contribution in [0.4, 0.5) is 10.6 Å². The summed E-state index contributed by atoms with van der Waals surface area (Å²) in [6.45, 7) is 1.31. The molecular weight excluding hydrogens is 312 g/mol. The lowest BCUT2D eigenvalue weighted by Gasteiger charge is -2.26. The Labute approximate surface area is 146 Å². The minimum absolute atomic E-state index is 0.105. The van der Waals surface area contributed by atoms with Crippen molar-refractivity contribution in [1.29, 1.82) is 0 Å². The molecule has 0 bridgehead atoms. The molecular formula is C20H20N4O. The number of nitrogens with one attached hydrogen (secondary N) is 1. The second-order valence-electron chi connectivity index (χ2n) is 6.24. The van der Waals surface area contributed by atoms with Crippen LogP contribution < -0.4 is 5.32 Å². The summed E-state index contributed by atoms with van der Waals surface area (Å²) in [7, 11) is 2.07. The summed E-state index contributed by atoms with van der Waals surface area (Å²) in [5.41, 5.74) is 3.80. The Bertz CT molecular complexity index is 943. The fourth-order valence-electron chi connectivity index (χ4n) is 3.32. The number of urea groups is 1. The predicted octanol–water partition coefficient (Wildman–Crippen LogP) is 3.89. The molecule has 3 aromatic rings. The van der Waals surface area contributed by atoms with Gasteiger partial charge in [0.2, 0.25) is 0 Å². The van der Waals surface area contributed by atoms with Gasteiger partial charge in [-0.25, -0.2) is 9.78 Å². The van der Waals surface area contributed by atoms with Gasteiger partial charge in [-0.2, -0.15) is 0 Å². The number of aryl methyl sites for hydroxylation is 1. The van der Waals surface area contributed by atoms with Crippen LogP contribution in [0.25, 0.3) is 16.5 Å². The van der Waals surface area contributed by atoms with Crippen LogP contribution >= 0.6 is 0 Å². The molecule has 0 spiro atoms. The third kappa shape index (κ3) is 3.01. The average Bonchev–Trinajstić information content (AvgIpc) is 3.00. The lowest BCUT2D eigenvalue weighted by Crippen LogP contribution is -2.38. The Morgan fingerprint density at radius 1 is 1.16 bits per heavy atom. The first-order valence-corrected chi connectivity index (χ1v) is 8.43. The molecule has 0 aliphatic carbocycles. The fraction of sp³-hybridized carbons (Fsp3) is 0.200. The summed E-state index contributed by atoms with van der Waals surface area (Å²) < 4.78 is 2.16. The van der Waals surface area contributed by atoms with Crippen molar-refractivity contribution in [3.8, 4) is 0 Å². The van der Waals surface area contributed by atoms with Gasteiger partial charge in [-0.3, -0.25) is 5.32 Å².